The van der Waals surface area contributed by atoms with Crippen LogP contribution < -0.4 is 9.47 Å². The first-order chi connectivity index (χ1) is 14.7. The quantitative estimate of drug-likeness (QED) is 0.671. The molecule has 0 N–H and O–H groups in total. The van der Waals surface area contributed by atoms with Gasteiger partial charge in [0.25, 0.3) is 5.91 Å². The van der Waals surface area contributed by atoms with Crippen LogP contribution in [-0.2, 0) is 16.0 Å². The SMILES string of the molecule is CCc1ccccc1OCC(=O)N1CCCN(C(=O)CCOc2ccccc2)CC1. The summed E-state index contributed by atoms with van der Waals surface area (Å²) in [6, 6.07) is 17.3. The monoisotopic (exact) mass is 410 g/mol. The minimum Gasteiger partial charge on any atom is -0.493 e. The highest BCUT2D eigenvalue weighted by molar-refractivity contribution is 5.78. The number of para-hydroxylation sites is 2. The number of hydrogen-bond donors (Lipinski definition) is 0. The lowest BCUT2D eigenvalue weighted by molar-refractivity contribution is -0.135. The second-order valence-electron chi connectivity index (χ2n) is 7.28. The predicted molar refractivity (Wildman–Crippen MR) is 116 cm³/mol. The van der Waals surface area contributed by atoms with Crippen LogP contribution >= 0.6 is 0 Å². The molecule has 0 radical (unpaired) electrons. The largest absolute Gasteiger partial charge is 0.493 e. The van der Waals surface area contributed by atoms with Crippen LogP contribution in [-0.4, -0.2) is 61.0 Å². The van der Waals surface area contributed by atoms with E-state index >= 15 is 0 Å². The van der Waals surface area contributed by atoms with Gasteiger partial charge in [0.2, 0.25) is 5.91 Å². The average molecular weight is 411 g/mol. The summed E-state index contributed by atoms with van der Waals surface area (Å²) in [7, 11) is 0. The fourth-order valence-electron chi connectivity index (χ4n) is 3.51. The number of ether oxygens (including phenoxy) is 2. The molecule has 2 aromatic carbocycles. The molecule has 0 spiro atoms. The Morgan fingerprint density at radius 3 is 2.23 bits per heavy atom. The van der Waals surface area contributed by atoms with E-state index in [0.29, 0.717) is 39.2 Å². The summed E-state index contributed by atoms with van der Waals surface area (Å²) in [5, 5.41) is 0. The zero-order valence-electron chi connectivity index (χ0n) is 17.6. The van der Waals surface area contributed by atoms with Crippen molar-refractivity contribution >= 4 is 11.8 Å². The summed E-state index contributed by atoms with van der Waals surface area (Å²) in [6.07, 6.45) is 1.96. The highest BCUT2D eigenvalue weighted by Crippen LogP contribution is 2.18. The molecule has 6 nitrogen and oxygen atoms in total. The molecule has 30 heavy (non-hydrogen) atoms. The Labute approximate surface area is 178 Å². The fraction of sp³-hybridized carbons (Fsp3) is 0.417. The van der Waals surface area contributed by atoms with Gasteiger partial charge in [0, 0.05) is 26.2 Å². The third-order valence-electron chi connectivity index (χ3n) is 5.23. The van der Waals surface area contributed by atoms with Gasteiger partial charge < -0.3 is 19.3 Å². The highest BCUT2D eigenvalue weighted by Gasteiger charge is 2.22. The first kappa shape index (κ1) is 21.7. The van der Waals surface area contributed by atoms with Crippen molar-refractivity contribution in [2.24, 2.45) is 0 Å². The number of amides is 2. The Hall–Kier alpha value is -3.02. The van der Waals surface area contributed by atoms with Crippen LogP contribution in [0.25, 0.3) is 0 Å². The second kappa shape index (κ2) is 11.2. The third-order valence-corrected chi connectivity index (χ3v) is 5.23. The van der Waals surface area contributed by atoms with E-state index in [-0.39, 0.29) is 18.4 Å². The van der Waals surface area contributed by atoms with E-state index in [9.17, 15) is 9.59 Å². The molecule has 0 aliphatic carbocycles. The van der Waals surface area contributed by atoms with Gasteiger partial charge in [-0.05, 0) is 36.6 Å². The molecular formula is C24H30N2O4. The number of carbonyl (C=O) groups excluding carboxylic acids is 2. The van der Waals surface area contributed by atoms with Crippen LogP contribution in [0, 0.1) is 0 Å². The van der Waals surface area contributed by atoms with E-state index in [4.69, 9.17) is 9.47 Å². The van der Waals surface area contributed by atoms with Gasteiger partial charge >= 0.3 is 0 Å². The number of hydrogen-bond acceptors (Lipinski definition) is 4. The van der Waals surface area contributed by atoms with Gasteiger partial charge in [-0.25, -0.2) is 0 Å². The van der Waals surface area contributed by atoms with Crippen LogP contribution in [0.3, 0.4) is 0 Å². The summed E-state index contributed by atoms with van der Waals surface area (Å²) >= 11 is 0. The normalized spacial score (nSPS) is 14.2. The summed E-state index contributed by atoms with van der Waals surface area (Å²) in [4.78, 5) is 28.7. The van der Waals surface area contributed by atoms with Crippen molar-refractivity contribution in [2.75, 3.05) is 39.4 Å². The van der Waals surface area contributed by atoms with Crippen molar-refractivity contribution in [3.05, 3.63) is 60.2 Å². The van der Waals surface area contributed by atoms with E-state index < -0.39 is 0 Å². The molecule has 1 fully saturated rings. The molecule has 160 valence electrons. The number of aryl methyl sites for hydroxylation is 1. The summed E-state index contributed by atoms with van der Waals surface area (Å²) in [5.74, 6) is 1.55. The van der Waals surface area contributed by atoms with Crippen molar-refractivity contribution in [1.29, 1.82) is 0 Å². The van der Waals surface area contributed by atoms with Crippen molar-refractivity contribution in [1.82, 2.24) is 9.80 Å². The lowest BCUT2D eigenvalue weighted by atomic mass is 10.1. The zero-order valence-corrected chi connectivity index (χ0v) is 17.6. The van der Waals surface area contributed by atoms with Crippen molar-refractivity contribution in [3.8, 4) is 11.5 Å². The Kier molecular flexibility index (Phi) is 8.12. The third kappa shape index (κ3) is 6.24. The molecule has 0 bridgehead atoms. The van der Waals surface area contributed by atoms with E-state index in [2.05, 4.69) is 6.92 Å². The molecule has 1 saturated heterocycles. The second-order valence-corrected chi connectivity index (χ2v) is 7.28. The lowest BCUT2D eigenvalue weighted by Gasteiger charge is -2.22. The topological polar surface area (TPSA) is 59.1 Å². The first-order valence-electron chi connectivity index (χ1n) is 10.6. The van der Waals surface area contributed by atoms with E-state index in [1.54, 1.807) is 4.90 Å². The standard InChI is InChI=1S/C24H30N2O4/c1-2-20-9-6-7-12-22(20)30-19-24(28)26-15-8-14-25(16-17-26)23(27)13-18-29-21-10-4-3-5-11-21/h3-7,9-12H,2,8,13-19H2,1H3. The van der Waals surface area contributed by atoms with Gasteiger partial charge in [0.15, 0.2) is 6.61 Å². The highest BCUT2D eigenvalue weighted by atomic mass is 16.5. The maximum Gasteiger partial charge on any atom is 0.260 e. The van der Waals surface area contributed by atoms with Crippen molar-refractivity contribution in [3.63, 3.8) is 0 Å². The summed E-state index contributed by atoms with van der Waals surface area (Å²) in [5.41, 5.74) is 1.09. The van der Waals surface area contributed by atoms with Crippen molar-refractivity contribution < 1.29 is 19.1 Å². The molecular weight excluding hydrogens is 380 g/mol. The maximum absolute atomic E-state index is 12.6. The Morgan fingerprint density at radius 2 is 1.50 bits per heavy atom. The number of carbonyl (C=O) groups is 2. The van der Waals surface area contributed by atoms with Crippen LogP contribution in [0.5, 0.6) is 11.5 Å². The molecule has 0 unspecified atom stereocenters. The molecule has 2 amide bonds. The summed E-state index contributed by atoms with van der Waals surface area (Å²) < 4.78 is 11.4. The smallest absolute Gasteiger partial charge is 0.260 e. The van der Waals surface area contributed by atoms with Gasteiger partial charge in [-0.1, -0.05) is 43.3 Å². The lowest BCUT2D eigenvalue weighted by Crippen LogP contribution is -2.39. The molecule has 0 atom stereocenters. The Bertz CT molecular complexity index is 825. The fourth-order valence-corrected chi connectivity index (χ4v) is 3.51. The summed E-state index contributed by atoms with van der Waals surface area (Å²) in [6.45, 7) is 4.82. The van der Waals surface area contributed by atoms with Gasteiger partial charge in [-0.3, -0.25) is 9.59 Å². The first-order valence-corrected chi connectivity index (χ1v) is 10.6. The van der Waals surface area contributed by atoms with Crippen molar-refractivity contribution in [2.45, 2.75) is 26.2 Å². The molecule has 6 heteroatoms. The Morgan fingerprint density at radius 1 is 0.833 bits per heavy atom. The Balaban J connectivity index is 1.42. The number of nitrogens with zero attached hydrogens (tertiary/aromatic N) is 2. The molecule has 1 heterocycles. The van der Waals surface area contributed by atoms with Crippen LogP contribution in [0.4, 0.5) is 0 Å². The number of rotatable bonds is 8. The van der Waals surface area contributed by atoms with Crippen LogP contribution in [0.2, 0.25) is 0 Å². The number of benzene rings is 2. The van der Waals surface area contributed by atoms with Gasteiger partial charge in [0.1, 0.15) is 11.5 Å². The van der Waals surface area contributed by atoms with Gasteiger partial charge in [-0.2, -0.15) is 0 Å². The minimum absolute atomic E-state index is 0.0237. The molecule has 1 aliphatic rings. The predicted octanol–water partition coefficient (Wildman–Crippen LogP) is 3.16. The van der Waals surface area contributed by atoms with Crippen LogP contribution in [0.1, 0.15) is 25.3 Å². The molecule has 0 saturated carbocycles. The zero-order chi connectivity index (χ0) is 21.2. The van der Waals surface area contributed by atoms with Gasteiger partial charge in [0.05, 0.1) is 13.0 Å². The van der Waals surface area contributed by atoms with E-state index in [1.807, 2.05) is 59.5 Å². The molecule has 1 aliphatic heterocycles. The average Bonchev–Trinajstić information content (AvgIpc) is 3.05. The van der Waals surface area contributed by atoms with E-state index in [1.165, 1.54) is 0 Å². The van der Waals surface area contributed by atoms with Gasteiger partial charge in [-0.15, -0.1) is 0 Å². The molecule has 3 rings (SSSR count). The van der Waals surface area contributed by atoms with Crippen LogP contribution in [0.15, 0.2) is 54.6 Å². The maximum atomic E-state index is 12.6. The molecule has 2 aromatic rings. The van der Waals surface area contributed by atoms with E-state index in [0.717, 1.165) is 29.9 Å². The minimum atomic E-state index is -0.0392. The molecule has 0 aromatic heterocycles.